The fourth-order valence-corrected chi connectivity index (χ4v) is 6.59. The minimum Gasteiger partial charge on any atom is -0.494 e. The smallest absolute Gasteiger partial charge is 0.251 e. The minimum atomic E-state index is -0.854. The number of unbranched alkanes of at least 4 members (excludes halogenated alkanes) is 2. The molecule has 3 amide bonds. The third kappa shape index (κ3) is 8.14. The molecule has 0 radical (unpaired) electrons. The highest BCUT2D eigenvalue weighted by Crippen LogP contribution is 2.37. The molecule has 1 aromatic carbocycles. The van der Waals surface area contributed by atoms with E-state index < -0.39 is 17.2 Å². The van der Waals surface area contributed by atoms with Crippen LogP contribution < -0.4 is 15.4 Å². The SMILES string of the molecule is CCCCN1C(=O)[C@@H](CC2(O)CCCCC2)NC(=O)C12CCN(CCCCOc1cccc(C(=O)NC)c1)CC2.Cl. The average Bonchev–Trinajstić information content (AvgIpc) is 2.96. The molecule has 1 aromatic rings. The first kappa shape index (κ1) is 33.1. The van der Waals surface area contributed by atoms with Gasteiger partial charge in [0.2, 0.25) is 11.8 Å². The molecule has 1 atom stereocenters. The summed E-state index contributed by atoms with van der Waals surface area (Å²) in [5.41, 5.74) is -1.06. The van der Waals surface area contributed by atoms with Crippen molar-refractivity contribution in [2.75, 3.05) is 39.8 Å². The molecule has 0 unspecified atom stereocenters. The predicted octanol–water partition coefficient (Wildman–Crippen LogP) is 3.67. The second-order valence-electron chi connectivity index (χ2n) is 11.9. The standard InChI is InChI=1S/C31H48N4O5.ClH/c1-3-4-18-35-28(37)26(23-30(39)13-6-5-7-14-30)33-29(38)31(35)15-19-34(20-16-31)17-8-9-21-40-25-12-10-11-24(22-25)27(36)32-2;/h10-12,22,26,39H,3-9,13-21,23H2,1-2H3,(H,32,36)(H,33,38);1H/t26-;/m1./s1. The molecule has 1 spiro atoms. The summed E-state index contributed by atoms with van der Waals surface area (Å²) >= 11 is 0. The van der Waals surface area contributed by atoms with Gasteiger partial charge in [-0.25, -0.2) is 0 Å². The Morgan fingerprint density at radius 3 is 2.49 bits per heavy atom. The average molecular weight is 593 g/mol. The maximum absolute atomic E-state index is 13.7. The summed E-state index contributed by atoms with van der Waals surface area (Å²) in [5, 5.41) is 16.8. The van der Waals surface area contributed by atoms with Crippen LogP contribution in [0, 0.1) is 0 Å². The van der Waals surface area contributed by atoms with E-state index >= 15 is 0 Å². The first-order valence-corrected chi connectivity index (χ1v) is 15.3. The van der Waals surface area contributed by atoms with Crippen LogP contribution in [0.1, 0.15) is 94.3 Å². The third-order valence-electron chi connectivity index (χ3n) is 9.06. The number of halogens is 1. The summed E-state index contributed by atoms with van der Waals surface area (Å²) < 4.78 is 5.86. The number of carbonyl (C=O) groups is 3. The second-order valence-corrected chi connectivity index (χ2v) is 11.9. The van der Waals surface area contributed by atoms with Crippen molar-refractivity contribution in [3.8, 4) is 5.75 Å². The number of piperidine rings is 1. The molecule has 1 saturated carbocycles. The van der Waals surface area contributed by atoms with Crippen molar-refractivity contribution < 1.29 is 24.2 Å². The van der Waals surface area contributed by atoms with Crippen molar-refractivity contribution in [2.45, 2.75) is 101 Å². The lowest BCUT2D eigenvalue weighted by atomic mass is 9.77. The van der Waals surface area contributed by atoms with Crippen molar-refractivity contribution in [1.82, 2.24) is 20.4 Å². The van der Waals surface area contributed by atoms with Crippen LogP contribution in [-0.2, 0) is 9.59 Å². The lowest BCUT2D eigenvalue weighted by Gasteiger charge is -2.52. The number of benzene rings is 1. The highest BCUT2D eigenvalue weighted by molar-refractivity contribution is 6.00. The number of ether oxygens (including phenoxy) is 1. The Bertz CT molecular complexity index is 1020. The topological polar surface area (TPSA) is 111 Å². The maximum atomic E-state index is 13.7. The first-order chi connectivity index (χ1) is 19.3. The molecule has 2 heterocycles. The monoisotopic (exact) mass is 592 g/mol. The summed E-state index contributed by atoms with van der Waals surface area (Å²) in [6, 6.07) is 6.56. The number of hydrogen-bond acceptors (Lipinski definition) is 6. The summed E-state index contributed by atoms with van der Waals surface area (Å²) in [6.07, 6.45) is 9.74. The van der Waals surface area contributed by atoms with Gasteiger partial charge >= 0.3 is 0 Å². The Labute approximate surface area is 251 Å². The molecule has 4 rings (SSSR count). The molecule has 230 valence electrons. The quantitative estimate of drug-likeness (QED) is 0.319. The largest absolute Gasteiger partial charge is 0.494 e. The molecule has 3 N–H and O–H groups in total. The highest BCUT2D eigenvalue weighted by Gasteiger charge is 2.54. The summed E-state index contributed by atoms with van der Waals surface area (Å²) in [5.74, 6) is 0.500. The van der Waals surface area contributed by atoms with Crippen LogP contribution in [-0.4, -0.2) is 89.6 Å². The van der Waals surface area contributed by atoms with E-state index in [-0.39, 0.29) is 30.1 Å². The van der Waals surface area contributed by atoms with Gasteiger partial charge in [0.25, 0.3) is 5.91 Å². The highest BCUT2D eigenvalue weighted by atomic mass is 35.5. The van der Waals surface area contributed by atoms with Crippen LogP contribution in [0.15, 0.2) is 24.3 Å². The van der Waals surface area contributed by atoms with E-state index in [9.17, 15) is 19.5 Å². The van der Waals surface area contributed by atoms with Gasteiger partial charge in [0.15, 0.2) is 0 Å². The van der Waals surface area contributed by atoms with Crippen LogP contribution in [0.25, 0.3) is 0 Å². The first-order valence-electron chi connectivity index (χ1n) is 15.3. The Morgan fingerprint density at radius 1 is 1.07 bits per heavy atom. The number of aliphatic hydroxyl groups is 1. The van der Waals surface area contributed by atoms with Gasteiger partial charge in [0.1, 0.15) is 17.3 Å². The van der Waals surface area contributed by atoms with Crippen molar-refractivity contribution in [2.24, 2.45) is 0 Å². The molecular formula is C31H49ClN4O5. The van der Waals surface area contributed by atoms with Crippen LogP contribution in [0.3, 0.4) is 0 Å². The fraction of sp³-hybridized carbons (Fsp3) is 0.710. The second kappa shape index (κ2) is 15.2. The number of likely N-dealkylation sites (tertiary alicyclic amines) is 1. The van der Waals surface area contributed by atoms with E-state index in [4.69, 9.17) is 4.74 Å². The molecule has 10 heteroatoms. The maximum Gasteiger partial charge on any atom is 0.251 e. The molecule has 3 aliphatic rings. The lowest BCUT2D eigenvalue weighted by Crippen LogP contribution is -2.73. The normalized spacial score (nSPS) is 22.1. The lowest BCUT2D eigenvalue weighted by molar-refractivity contribution is -0.163. The summed E-state index contributed by atoms with van der Waals surface area (Å²) in [6.45, 7) is 5.73. The summed E-state index contributed by atoms with van der Waals surface area (Å²) in [7, 11) is 1.61. The molecule has 9 nitrogen and oxygen atoms in total. The van der Waals surface area contributed by atoms with Crippen molar-refractivity contribution in [1.29, 1.82) is 0 Å². The molecule has 0 bridgehead atoms. The zero-order chi connectivity index (χ0) is 28.6. The van der Waals surface area contributed by atoms with Gasteiger partial charge in [-0.3, -0.25) is 14.4 Å². The van der Waals surface area contributed by atoms with Crippen LogP contribution in [0.5, 0.6) is 5.75 Å². The number of amides is 3. The number of hydrogen-bond donors (Lipinski definition) is 3. The molecule has 3 fully saturated rings. The Hall–Kier alpha value is -2.36. The third-order valence-corrected chi connectivity index (χ3v) is 9.06. The van der Waals surface area contributed by atoms with E-state index in [0.29, 0.717) is 56.6 Å². The Balaban J connectivity index is 0.00000462. The Morgan fingerprint density at radius 2 is 1.80 bits per heavy atom. The summed E-state index contributed by atoms with van der Waals surface area (Å²) in [4.78, 5) is 43.4. The molecule has 2 saturated heterocycles. The van der Waals surface area contributed by atoms with Crippen molar-refractivity contribution >= 4 is 30.1 Å². The van der Waals surface area contributed by atoms with Crippen molar-refractivity contribution in [3.05, 3.63) is 29.8 Å². The van der Waals surface area contributed by atoms with E-state index in [1.165, 1.54) is 0 Å². The molecule has 0 aromatic heterocycles. The zero-order valence-corrected chi connectivity index (χ0v) is 25.6. The molecule has 1 aliphatic carbocycles. The van der Waals surface area contributed by atoms with E-state index in [1.807, 2.05) is 17.0 Å². The number of piperazine rings is 1. The van der Waals surface area contributed by atoms with E-state index in [2.05, 4.69) is 22.5 Å². The van der Waals surface area contributed by atoms with Gasteiger partial charge < -0.3 is 30.3 Å². The van der Waals surface area contributed by atoms with Gasteiger partial charge in [-0.2, -0.15) is 0 Å². The van der Waals surface area contributed by atoms with Gasteiger partial charge in [-0.1, -0.05) is 38.7 Å². The predicted molar refractivity (Wildman–Crippen MR) is 161 cm³/mol. The number of rotatable bonds is 12. The van der Waals surface area contributed by atoms with Crippen molar-refractivity contribution in [3.63, 3.8) is 0 Å². The van der Waals surface area contributed by atoms with Crippen LogP contribution in [0.4, 0.5) is 0 Å². The molecule has 41 heavy (non-hydrogen) atoms. The molecular weight excluding hydrogens is 544 g/mol. The van der Waals surface area contributed by atoms with Crippen LogP contribution >= 0.6 is 12.4 Å². The van der Waals surface area contributed by atoms with Gasteiger partial charge in [0, 0.05) is 38.7 Å². The molecule has 2 aliphatic heterocycles. The Kier molecular flexibility index (Phi) is 12.3. The zero-order valence-electron chi connectivity index (χ0n) is 24.8. The van der Waals surface area contributed by atoms with Gasteiger partial charge in [-0.05, 0) is 69.7 Å². The van der Waals surface area contributed by atoms with Gasteiger partial charge in [0.05, 0.1) is 12.2 Å². The van der Waals surface area contributed by atoms with Gasteiger partial charge in [-0.15, -0.1) is 12.4 Å². The number of nitrogens with zero attached hydrogens (tertiary/aromatic N) is 2. The fourth-order valence-electron chi connectivity index (χ4n) is 6.59. The number of carbonyl (C=O) groups excluding carboxylic acids is 3. The minimum absolute atomic E-state index is 0. The van der Waals surface area contributed by atoms with E-state index in [1.54, 1.807) is 19.2 Å². The van der Waals surface area contributed by atoms with Crippen LogP contribution in [0.2, 0.25) is 0 Å². The van der Waals surface area contributed by atoms with E-state index in [0.717, 1.165) is 64.6 Å². The number of nitrogens with one attached hydrogen (secondary N) is 2.